The molecule has 17 heavy (non-hydrogen) atoms. The Morgan fingerprint density at radius 2 is 2.47 bits per heavy atom. The number of thiocarbonyl (C=S) groups is 1. The minimum absolute atomic E-state index is 0.307. The summed E-state index contributed by atoms with van der Waals surface area (Å²) in [4.78, 5) is 12.8. The van der Waals surface area contributed by atoms with Crippen LogP contribution in [-0.2, 0) is 16.1 Å². The number of thiophene rings is 1. The van der Waals surface area contributed by atoms with Crippen molar-refractivity contribution < 1.29 is 9.53 Å². The third-order valence-electron chi connectivity index (χ3n) is 2.35. The lowest BCUT2D eigenvalue weighted by molar-refractivity contribution is -0.140. The highest BCUT2D eigenvalue weighted by Gasteiger charge is 2.19. The molecule has 0 radical (unpaired) electrons. The van der Waals surface area contributed by atoms with Crippen molar-refractivity contribution in [1.82, 2.24) is 10.6 Å². The fourth-order valence-electron chi connectivity index (χ4n) is 1.43. The molecular weight excluding hydrogens is 256 g/mol. The maximum Gasteiger partial charge on any atom is 0.337 e. The molecule has 0 unspecified atom stereocenters. The van der Waals surface area contributed by atoms with Gasteiger partial charge in [0, 0.05) is 10.6 Å². The quantitative estimate of drug-likeness (QED) is 0.643. The van der Waals surface area contributed by atoms with Gasteiger partial charge in [0.25, 0.3) is 0 Å². The molecule has 1 aromatic heterocycles. The first-order chi connectivity index (χ1) is 8.16. The molecule has 0 aromatic carbocycles. The lowest BCUT2D eigenvalue weighted by Gasteiger charge is -2.20. The first kappa shape index (κ1) is 12.1. The van der Waals surface area contributed by atoms with E-state index >= 15 is 0 Å². The minimum atomic E-state index is -0.307. The van der Waals surface area contributed by atoms with E-state index in [-0.39, 0.29) is 5.97 Å². The normalized spacial score (nSPS) is 15.2. The number of allylic oxidation sites excluding steroid dienone is 1. The van der Waals surface area contributed by atoms with Gasteiger partial charge in [-0.1, -0.05) is 6.07 Å². The maximum atomic E-state index is 11.8. The summed E-state index contributed by atoms with van der Waals surface area (Å²) in [7, 11) is 0. The number of ether oxygens (including phenoxy) is 1. The summed E-state index contributed by atoms with van der Waals surface area (Å²) in [5.41, 5.74) is 1.35. The second-order valence-electron chi connectivity index (χ2n) is 3.57. The monoisotopic (exact) mass is 268 g/mol. The molecule has 2 heterocycles. The fraction of sp³-hybridized carbons (Fsp3) is 0.273. The number of carbonyl (C=O) groups excluding carboxylic acids is 1. The summed E-state index contributed by atoms with van der Waals surface area (Å²) in [5, 5.41) is 8.30. The number of hydrogen-bond acceptors (Lipinski definition) is 4. The van der Waals surface area contributed by atoms with Crippen LogP contribution in [0.2, 0.25) is 0 Å². The van der Waals surface area contributed by atoms with E-state index in [4.69, 9.17) is 17.0 Å². The summed E-state index contributed by atoms with van der Waals surface area (Å²) in [6.45, 7) is 2.55. The molecule has 0 saturated carbocycles. The van der Waals surface area contributed by atoms with E-state index < -0.39 is 0 Å². The molecule has 1 aromatic rings. The van der Waals surface area contributed by atoms with Gasteiger partial charge in [0.1, 0.15) is 6.61 Å². The van der Waals surface area contributed by atoms with Gasteiger partial charge in [-0.2, -0.15) is 0 Å². The van der Waals surface area contributed by atoms with Crippen LogP contribution in [0.1, 0.15) is 11.8 Å². The molecule has 6 heteroatoms. The Bertz CT molecular complexity index is 466. The van der Waals surface area contributed by atoms with Crippen molar-refractivity contribution in [3.63, 3.8) is 0 Å². The van der Waals surface area contributed by atoms with Gasteiger partial charge in [-0.15, -0.1) is 11.3 Å². The molecule has 0 saturated heterocycles. The van der Waals surface area contributed by atoms with Crippen LogP contribution in [0.3, 0.4) is 0 Å². The van der Waals surface area contributed by atoms with Crippen LogP contribution >= 0.6 is 23.6 Å². The minimum Gasteiger partial charge on any atom is -0.457 e. The predicted molar refractivity (Wildman–Crippen MR) is 70.6 cm³/mol. The smallest absolute Gasteiger partial charge is 0.337 e. The number of esters is 1. The standard InChI is InChI=1S/C11H12N2O2S2/c1-7-9(5-12-11(16)13-7)10(14)15-6-8-3-2-4-17-8/h2-4H,5-6H2,1H3,(H2,12,13,16). The fourth-order valence-corrected chi connectivity index (χ4v) is 2.28. The van der Waals surface area contributed by atoms with Crippen molar-refractivity contribution in [2.75, 3.05) is 6.54 Å². The van der Waals surface area contributed by atoms with Gasteiger partial charge < -0.3 is 15.4 Å². The molecule has 0 fully saturated rings. The molecule has 90 valence electrons. The Labute approximate surface area is 109 Å². The molecule has 0 aliphatic carbocycles. The van der Waals surface area contributed by atoms with E-state index in [2.05, 4.69) is 10.6 Å². The van der Waals surface area contributed by atoms with Gasteiger partial charge in [0.15, 0.2) is 5.11 Å². The second kappa shape index (κ2) is 5.29. The average Bonchev–Trinajstić information content (AvgIpc) is 2.78. The molecular formula is C11H12N2O2S2. The number of nitrogens with one attached hydrogen (secondary N) is 2. The van der Waals surface area contributed by atoms with Crippen molar-refractivity contribution in [3.05, 3.63) is 33.7 Å². The van der Waals surface area contributed by atoms with Gasteiger partial charge in [-0.25, -0.2) is 4.79 Å². The molecule has 2 rings (SSSR count). The first-order valence-electron chi connectivity index (χ1n) is 5.11. The first-order valence-corrected chi connectivity index (χ1v) is 6.39. The molecule has 2 N–H and O–H groups in total. The van der Waals surface area contributed by atoms with Crippen molar-refractivity contribution in [2.45, 2.75) is 13.5 Å². The van der Waals surface area contributed by atoms with Crippen molar-refractivity contribution in [1.29, 1.82) is 0 Å². The summed E-state index contributed by atoms with van der Waals surface area (Å²) >= 11 is 6.51. The summed E-state index contributed by atoms with van der Waals surface area (Å²) in [6.07, 6.45) is 0. The molecule has 4 nitrogen and oxygen atoms in total. The van der Waals surface area contributed by atoms with Gasteiger partial charge in [0.05, 0.1) is 12.1 Å². The summed E-state index contributed by atoms with van der Waals surface area (Å²) < 4.78 is 5.22. The van der Waals surface area contributed by atoms with Crippen LogP contribution in [0.15, 0.2) is 28.8 Å². The van der Waals surface area contributed by atoms with Gasteiger partial charge in [0.2, 0.25) is 0 Å². The Morgan fingerprint density at radius 1 is 1.65 bits per heavy atom. The van der Waals surface area contributed by atoms with E-state index in [1.165, 1.54) is 0 Å². The molecule has 0 spiro atoms. The Morgan fingerprint density at radius 3 is 3.12 bits per heavy atom. The number of hydrogen-bond donors (Lipinski definition) is 2. The van der Waals surface area contributed by atoms with Gasteiger partial charge in [-0.05, 0) is 30.6 Å². The zero-order valence-corrected chi connectivity index (χ0v) is 10.9. The average molecular weight is 268 g/mol. The largest absolute Gasteiger partial charge is 0.457 e. The Kier molecular flexibility index (Phi) is 3.75. The number of carbonyl (C=O) groups is 1. The van der Waals surface area contributed by atoms with Crippen molar-refractivity contribution in [3.8, 4) is 0 Å². The molecule has 0 amide bonds. The van der Waals surface area contributed by atoms with Crippen LogP contribution in [0.5, 0.6) is 0 Å². The van der Waals surface area contributed by atoms with Crippen LogP contribution in [0.4, 0.5) is 0 Å². The highest BCUT2D eigenvalue weighted by atomic mass is 32.1. The Balaban J connectivity index is 1.96. The molecule has 1 aliphatic heterocycles. The van der Waals surface area contributed by atoms with E-state index in [1.807, 2.05) is 24.4 Å². The third kappa shape index (κ3) is 3.04. The SMILES string of the molecule is CC1=C(C(=O)OCc2cccs2)CNC(=S)N1. The topological polar surface area (TPSA) is 50.4 Å². The van der Waals surface area contributed by atoms with Gasteiger partial charge in [-0.3, -0.25) is 0 Å². The highest BCUT2D eigenvalue weighted by molar-refractivity contribution is 7.80. The van der Waals surface area contributed by atoms with Crippen LogP contribution in [-0.4, -0.2) is 17.6 Å². The van der Waals surface area contributed by atoms with Gasteiger partial charge >= 0.3 is 5.97 Å². The molecule has 0 atom stereocenters. The maximum absolute atomic E-state index is 11.8. The molecule has 1 aliphatic rings. The van der Waals surface area contributed by atoms with Crippen LogP contribution < -0.4 is 10.6 Å². The lowest BCUT2D eigenvalue weighted by Crippen LogP contribution is -2.42. The number of rotatable bonds is 3. The summed E-state index contributed by atoms with van der Waals surface area (Å²) in [5.74, 6) is -0.307. The lowest BCUT2D eigenvalue weighted by atomic mass is 10.2. The van der Waals surface area contributed by atoms with Crippen LogP contribution in [0, 0.1) is 0 Å². The third-order valence-corrected chi connectivity index (χ3v) is 3.45. The van der Waals surface area contributed by atoms with E-state index in [9.17, 15) is 4.79 Å². The zero-order chi connectivity index (χ0) is 12.3. The van der Waals surface area contributed by atoms with E-state index in [0.717, 1.165) is 10.6 Å². The summed E-state index contributed by atoms with van der Waals surface area (Å²) in [6, 6.07) is 3.87. The highest BCUT2D eigenvalue weighted by Crippen LogP contribution is 2.12. The van der Waals surface area contributed by atoms with Crippen molar-refractivity contribution >= 4 is 34.6 Å². The van der Waals surface area contributed by atoms with Crippen LogP contribution in [0.25, 0.3) is 0 Å². The van der Waals surface area contributed by atoms with E-state index in [0.29, 0.717) is 23.8 Å². The zero-order valence-electron chi connectivity index (χ0n) is 9.28. The predicted octanol–water partition coefficient (Wildman–Crippen LogP) is 1.54. The second-order valence-corrected chi connectivity index (χ2v) is 5.01. The van der Waals surface area contributed by atoms with Crippen molar-refractivity contribution in [2.24, 2.45) is 0 Å². The Hall–Kier alpha value is -1.40. The molecule has 0 bridgehead atoms. The van der Waals surface area contributed by atoms with E-state index in [1.54, 1.807) is 11.3 Å².